The zero-order valence-corrected chi connectivity index (χ0v) is 12.1. The fourth-order valence-electron chi connectivity index (χ4n) is 2.55. The van der Waals surface area contributed by atoms with Gasteiger partial charge in [0, 0.05) is 6.54 Å². The van der Waals surface area contributed by atoms with Gasteiger partial charge in [0.25, 0.3) is 0 Å². The normalized spacial score (nSPS) is 22.9. The highest BCUT2D eigenvalue weighted by atomic mass is 16.5. The Morgan fingerprint density at radius 1 is 1.30 bits per heavy atom. The highest BCUT2D eigenvalue weighted by molar-refractivity contribution is 5.67. The lowest BCUT2D eigenvalue weighted by Gasteiger charge is -2.21. The van der Waals surface area contributed by atoms with Crippen molar-refractivity contribution in [2.75, 3.05) is 19.6 Å². The third-order valence-corrected chi connectivity index (χ3v) is 3.99. The molecule has 2 atom stereocenters. The number of carbonyl (C=O) groups is 1. The molecule has 2 unspecified atom stereocenters. The van der Waals surface area contributed by atoms with Crippen LogP contribution in [0.2, 0.25) is 0 Å². The van der Waals surface area contributed by atoms with Crippen LogP contribution in [0.25, 0.3) is 0 Å². The first kappa shape index (κ1) is 14.9. The fraction of sp³-hybridized carbons (Fsp3) is 0.562. The maximum absolute atomic E-state index is 11.7. The average molecular weight is 276 g/mol. The van der Waals surface area contributed by atoms with Gasteiger partial charge in [-0.05, 0) is 43.3 Å². The molecule has 1 aliphatic heterocycles. The van der Waals surface area contributed by atoms with Crippen LogP contribution in [0.1, 0.15) is 25.3 Å². The van der Waals surface area contributed by atoms with Crippen LogP contribution in [-0.2, 0) is 11.3 Å². The van der Waals surface area contributed by atoms with Gasteiger partial charge in [0.1, 0.15) is 6.61 Å². The molecule has 0 aliphatic carbocycles. The second-order valence-corrected chi connectivity index (χ2v) is 5.51. The summed E-state index contributed by atoms with van der Waals surface area (Å²) in [7, 11) is 0. The standard InChI is InChI=1S/C16H24N2O2/c1-13-7-9-17-10-8-15(13)11-18-16(19)20-12-14-5-3-2-4-6-14/h2-6,13,15,17H,7-12H2,1H3,(H,18,19). The van der Waals surface area contributed by atoms with E-state index in [1.807, 2.05) is 30.3 Å². The SMILES string of the molecule is CC1CCNCCC1CNC(=O)OCc1ccccc1. The van der Waals surface area contributed by atoms with Crippen molar-refractivity contribution < 1.29 is 9.53 Å². The second kappa shape index (κ2) is 7.90. The quantitative estimate of drug-likeness (QED) is 0.888. The molecule has 1 amide bonds. The number of ether oxygens (including phenoxy) is 1. The summed E-state index contributed by atoms with van der Waals surface area (Å²) in [6.45, 7) is 5.41. The Balaban J connectivity index is 1.69. The van der Waals surface area contributed by atoms with E-state index in [1.54, 1.807) is 0 Å². The van der Waals surface area contributed by atoms with Crippen LogP contribution in [-0.4, -0.2) is 25.7 Å². The van der Waals surface area contributed by atoms with Crippen LogP contribution in [0, 0.1) is 11.8 Å². The Hall–Kier alpha value is -1.55. The molecular weight excluding hydrogens is 252 g/mol. The highest BCUT2D eigenvalue weighted by Crippen LogP contribution is 2.20. The van der Waals surface area contributed by atoms with Gasteiger partial charge in [0.15, 0.2) is 0 Å². The minimum absolute atomic E-state index is 0.321. The predicted octanol–water partition coefficient (Wildman–Crippen LogP) is 2.55. The molecule has 4 nitrogen and oxygen atoms in total. The van der Waals surface area contributed by atoms with Crippen LogP contribution in [0.5, 0.6) is 0 Å². The topological polar surface area (TPSA) is 50.4 Å². The summed E-state index contributed by atoms with van der Waals surface area (Å²) in [6, 6.07) is 9.73. The largest absolute Gasteiger partial charge is 0.445 e. The molecule has 110 valence electrons. The number of hydrogen-bond acceptors (Lipinski definition) is 3. The van der Waals surface area contributed by atoms with Gasteiger partial charge in [0.2, 0.25) is 0 Å². The van der Waals surface area contributed by atoms with Crippen LogP contribution < -0.4 is 10.6 Å². The van der Waals surface area contributed by atoms with Crippen molar-refractivity contribution in [1.82, 2.24) is 10.6 Å². The lowest BCUT2D eigenvalue weighted by atomic mass is 9.90. The number of nitrogens with one attached hydrogen (secondary N) is 2. The molecule has 1 aliphatic rings. The zero-order valence-electron chi connectivity index (χ0n) is 12.1. The molecular formula is C16H24N2O2. The summed E-state index contributed by atoms with van der Waals surface area (Å²) < 4.78 is 5.22. The number of amides is 1. The van der Waals surface area contributed by atoms with Crippen molar-refractivity contribution in [3.05, 3.63) is 35.9 Å². The summed E-state index contributed by atoms with van der Waals surface area (Å²) in [6.07, 6.45) is 1.96. The smallest absolute Gasteiger partial charge is 0.407 e. The molecule has 0 saturated carbocycles. The van der Waals surface area contributed by atoms with E-state index in [2.05, 4.69) is 17.6 Å². The third-order valence-electron chi connectivity index (χ3n) is 3.99. The van der Waals surface area contributed by atoms with E-state index in [9.17, 15) is 4.79 Å². The molecule has 20 heavy (non-hydrogen) atoms. The van der Waals surface area contributed by atoms with Crippen molar-refractivity contribution in [3.8, 4) is 0 Å². The van der Waals surface area contributed by atoms with Crippen LogP contribution in [0.15, 0.2) is 30.3 Å². The fourth-order valence-corrected chi connectivity index (χ4v) is 2.55. The molecule has 0 bridgehead atoms. The van der Waals surface area contributed by atoms with Crippen molar-refractivity contribution in [2.45, 2.75) is 26.4 Å². The number of hydrogen-bond donors (Lipinski definition) is 2. The van der Waals surface area contributed by atoms with E-state index in [1.165, 1.54) is 6.42 Å². The van der Waals surface area contributed by atoms with Gasteiger partial charge in [0.05, 0.1) is 0 Å². The van der Waals surface area contributed by atoms with Crippen LogP contribution in [0.4, 0.5) is 4.79 Å². The van der Waals surface area contributed by atoms with Gasteiger partial charge in [-0.2, -0.15) is 0 Å². The summed E-state index contributed by atoms with van der Waals surface area (Å²) >= 11 is 0. The van der Waals surface area contributed by atoms with E-state index in [0.29, 0.717) is 25.0 Å². The Kier molecular flexibility index (Phi) is 5.87. The number of carbonyl (C=O) groups excluding carboxylic acids is 1. The molecule has 4 heteroatoms. The van der Waals surface area contributed by atoms with Crippen molar-refractivity contribution >= 4 is 6.09 Å². The molecule has 1 fully saturated rings. The first-order valence-electron chi connectivity index (χ1n) is 7.41. The van der Waals surface area contributed by atoms with Crippen molar-refractivity contribution in [1.29, 1.82) is 0 Å². The molecule has 2 rings (SSSR count). The Bertz CT molecular complexity index is 408. The lowest BCUT2D eigenvalue weighted by Crippen LogP contribution is -2.32. The van der Waals surface area contributed by atoms with Gasteiger partial charge in [-0.3, -0.25) is 0 Å². The molecule has 1 aromatic carbocycles. The highest BCUT2D eigenvalue weighted by Gasteiger charge is 2.20. The molecule has 0 spiro atoms. The van der Waals surface area contributed by atoms with Gasteiger partial charge in [-0.25, -0.2) is 4.79 Å². The van der Waals surface area contributed by atoms with E-state index in [0.717, 1.165) is 25.1 Å². The first-order chi connectivity index (χ1) is 9.75. The van der Waals surface area contributed by atoms with Crippen molar-refractivity contribution in [3.63, 3.8) is 0 Å². The van der Waals surface area contributed by atoms with Gasteiger partial charge >= 0.3 is 6.09 Å². The monoisotopic (exact) mass is 276 g/mol. The van der Waals surface area contributed by atoms with E-state index < -0.39 is 0 Å². The average Bonchev–Trinajstić information content (AvgIpc) is 2.68. The molecule has 2 N–H and O–H groups in total. The van der Waals surface area contributed by atoms with Crippen LogP contribution >= 0.6 is 0 Å². The predicted molar refractivity (Wildman–Crippen MR) is 79.4 cm³/mol. The Morgan fingerprint density at radius 2 is 2.05 bits per heavy atom. The maximum Gasteiger partial charge on any atom is 0.407 e. The molecule has 0 aromatic heterocycles. The summed E-state index contributed by atoms with van der Waals surface area (Å²) in [5.41, 5.74) is 1.01. The summed E-state index contributed by atoms with van der Waals surface area (Å²) in [5, 5.41) is 6.29. The summed E-state index contributed by atoms with van der Waals surface area (Å²) in [5.74, 6) is 1.17. The molecule has 1 saturated heterocycles. The van der Waals surface area contributed by atoms with E-state index in [4.69, 9.17) is 4.74 Å². The minimum Gasteiger partial charge on any atom is -0.445 e. The molecule has 0 radical (unpaired) electrons. The number of alkyl carbamates (subject to hydrolysis) is 1. The zero-order chi connectivity index (χ0) is 14.2. The van der Waals surface area contributed by atoms with Crippen molar-refractivity contribution in [2.24, 2.45) is 11.8 Å². The number of rotatable bonds is 4. The van der Waals surface area contributed by atoms with E-state index in [-0.39, 0.29) is 6.09 Å². The lowest BCUT2D eigenvalue weighted by molar-refractivity contribution is 0.136. The summed E-state index contributed by atoms with van der Waals surface area (Å²) in [4.78, 5) is 11.7. The van der Waals surface area contributed by atoms with Gasteiger partial charge in [-0.1, -0.05) is 37.3 Å². The van der Waals surface area contributed by atoms with Crippen LogP contribution in [0.3, 0.4) is 0 Å². The van der Waals surface area contributed by atoms with Gasteiger partial charge < -0.3 is 15.4 Å². The maximum atomic E-state index is 11.7. The third kappa shape index (κ3) is 4.85. The second-order valence-electron chi connectivity index (χ2n) is 5.51. The van der Waals surface area contributed by atoms with E-state index >= 15 is 0 Å². The number of benzene rings is 1. The molecule has 1 heterocycles. The molecule has 1 aromatic rings. The minimum atomic E-state index is -0.321. The Labute approximate surface area is 120 Å². The first-order valence-corrected chi connectivity index (χ1v) is 7.41. The van der Waals surface area contributed by atoms with Gasteiger partial charge in [-0.15, -0.1) is 0 Å². The Morgan fingerprint density at radius 3 is 2.85 bits per heavy atom.